The number of cyclic esters (lactones) is 1. The number of anilines is 2. The number of thiol groups is 1. The first kappa shape index (κ1) is 23.0. The molecule has 0 aromatic heterocycles. The molecule has 1 unspecified atom stereocenters. The first-order valence-corrected chi connectivity index (χ1v) is 10.5. The van der Waals surface area contributed by atoms with Crippen molar-refractivity contribution in [3.05, 3.63) is 24.0 Å². The maximum absolute atomic E-state index is 14.9. The fourth-order valence-corrected chi connectivity index (χ4v) is 3.51. The molecule has 0 spiro atoms. The van der Waals surface area contributed by atoms with E-state index in [1.807, 2.05) is 25.7 Å². The number of benzene rings is 1. The molecule has 2 heterocycles. The highest BCUT2D eigenvalue weighted by Gasteiger charge is 2.33. The Kier molecular flexibility index (Phi) is 6.83. The van der Waals surface area contributed by atoms with Gasteiger partial charge in [-0.25, -0.2) is 14.0 Å². The van der Waals surface area contributed by atoms with Crippen LogP contribution < -0.4 is 15.1 Å². The molecule has 0 aliphatic carbocycles. The molecule has 0 radical (unpaired) electrons. The van der Waals surface area contributed by atoms with Crippen LogP contribution in [-0.2, 0) is 9.47 Å². The number of carbonyl (C=O) groups is 3. The number of rotatable bonds is 4. The number of carbonyl (C=O) groups excluding carboxylic acids is 3. The number of amides is 3. The van der Waals surface area contributed by atoms with Gasteiger partial charge in [0.2, 0.25) is 0 Å². The van der Waals surface area contributed by atoms with Crippen molar-refractivity contribution in [1.29, 1.82) is 0 Å². The zero-order valence-electron chi connectivity index (χ0n) is 17.8. The minimum absolute atomic E-state index is 0.132. The summed E-state index contributed by atoms with van der Waals surface area (Å²) in [6.45, 7) is 7.54. The molecule has 2 saturated heterocycles. The van der Waals surface area contributed by atoms with Crippen LogP contribution in [0.4, 0.5) is 30.1 Å². The molecule has 0 saturated carbocycles. The molecule has 1 aromatic carbocycles. The summed E-state index contributed by atoms with van der Waals surface area (Å²) in [5, 5.41) is 1.95. The van der Waals surface area contributed by atoms with E-state index in [9.17, 15) is 18.8 Å². The summed E-state index contributed by atoms with van der Waals surface area (Å²) in [5.74, 6) is -0.469. The third-order valence-electron chi connectivity index (χ3n) is 4.87. The number of ether oxygens (including phenoxy) is 2. The van der Waals surface area contributed by atoms with Gasteiger partial charge in [0.1, 0.15) is 17.5 Å². The second kappa shape index (κ2) is 9.21. The van der Waals surface area contributed by atoms with E-state index >= 15 is 0 Å². The second-order valence-electron chi connectivity index (χ2n) is 8.39. The summed E-state index contributed by atoms with van der Waals surface area (Å²) in [4.78, 5) is 40.0. The van der Waals surface area contributed by atoms with E-state index in [4.69, 9.17) is 9.47 Å². The topological polar surface area (TPSA) is 91.4 Å². The second-order valence-corrected chi connectivity index (χ2v) is 8.80. The van der Waals surface area contributed by atoms with Crippen molar-refractivity contribution in [3.63, 3.8) is 0 Å². The van der Waals surface area contributed by atoms with Gasteiger partial charge >= 0.3 is 12.2 Å². The van der Waals surface area contributed by atoms with Crippen LogP contribution in [0.1, 0.15) is 20.8 Å². The maximum Gasteiger partial charge on any atom is 0.414 e. The lowest BCUT2D eigenvalue weighted by Crippen LogP contribution is -2.50. The largest absolute Gasteiger partial charge is 0.444 e. The van der Waals surface area contributed by atoms with Crippen molar-refractivity contribution in [2.75, 3.05) is 49.1 Å². The lowest BCUT2D eigenvalue weighted by Gasteiger charge is -2.37. The summed E-state index contributed by atoms with van der Waals surface area (Å²) in [6, 6.07) is 4.56. The third kappa shape index (κ3) is 5.93. The van der Waals surface area contributed by atoms with Crippen LogP contribution >= 0.6 is 12.6 Å². The van der Waals surface area contributed by atoms with Gasteiger partial charge in [-0.05, 0) is 39.0 Å². The van der Waals surface area contributed by atoms with Crippen molar-refractivity contribution in [3.8, 4) is 0 Å². The van der Waals surface area contributed by atoms with Crippen molar-refractivity contribution in [2.24, 2.45) is 0 Å². The lowest BCUT2D eigenvalue weighted by atomic mass is 10.2. The Bertz CT molecular complexity index is 854. The first-order chi connectivity index (χ1) is 14.5. The molecular formula is C20H27FN4O5S. The van der Waals surface area contributed by atoms with E-state index in [1.165, 1.54) is 11.0 Å². The van der Waals surface area contributed by atoms with Crippen LogP contribution in [0, 0.1) is 5.82 Å². The van der Waals surface area contributed by atoms with E-state index in [2.05, 4.69) is 17.9 Å². The van der Waals surface area contributed by atoms with E-state index in [0.717, 1.165) is 0 Å². The predicted octanol–water partition coefficient (Wildman–Crippen LogP) is 2.85. The van der Waals surface area contributed by atoms with Crippen molar-refractivity contribution in [1.82, 2.24) is 10.2 Å². The van der Waals surface area contributed by atoms with Crippen LogP contribution in [0.3, 0.4) is 0 Å². The first-order valence-electron chi connectivity index (χ1n) is 10.0. The predicted molar refractivity (Wildman–Crippen MR) is 116 cm³/mol. The fraction of sp³-hybridized carbons (Fsp3) is 0.550. The van der Waals surface area contributed by atoms with Gasteiger partial charge in [0.05, 0.1) is 24.5 Å². The average molecular weight is 455 g/mol. The molecule has 1 atom stereocenters. The summed E-state index contributed by atoms with van der Waals surface area (Å²) >= 11 is 3.61. The highest BCUT2D eigenvalue weighted by molar-refractivity contribution is 7.96. The summed E-state index contributed by atoms with van der Waals surface area (Å²) in [7, 11) is 0. The van der Waals surface area contributed by atoms with Gasteiger partial charge in [-0.2, -0.15) is 0 Å². The Morgan fingerprint density at radius 2 is 1.94 bits per heavy atom. The summed E-state index contributed by atoms with van der Waals surface area (Å²) in [5.41, 5.74) is 0.210. The number of nitrogens with one attached hydrogen (secondary N) is 1. The molecule has 2 aliphatic heterocycles. The molecule has 3 amide bonds. The maximum atomic E-state index is 14.9. The normalized spacial score (nSPS) is 19.3. The Labute approximate surface area is 185 Å². The van der Waals surface area contributed by atoms with Crippen molar-refractivity contribution < 1.29 is 28.2 Å². The van der Waals surface area contributed by atoms with Gasteiger partial charge in [-0.3, -0.25) is 9.69 Å². The minimum Gasteiger partial charge on any atom is -0.444 e. The van der Waals surface area contributed by atoms with Gasteiger partial charge in [0, 0.05) is 26.2 Å². The van der Waals surface area contributed by atoms with Gasteiger partial charge in [0.15, 0.2) is 0 Å². The molecule has 2 fully saturated rings. The molecule has 3 rings (SSSR count). The van der Waals surface area contributed by atoms with E-state index in [1.54, 1.807) is 17.0 Å². The number of piperazine rings is 1. The van der Waals surface area contributed by atoms with Gasteiger partial charge in [-0.1, -0.05) is 12.6 Å². The quantitative estimate of drug-likeness (QED) is 0.680. The molecule has 1 aromatic rings. The highest BCUT2D eigenvalue weighted by atomic mass is 32.1. The smallest absolute Gasteiger partial charge is 0.414 e. The van der Waals surface area contributed by atoms with Crippen molar-refractivity contribution >= 4 is 41.4 Å². The Balaban J connectivity index is 1.60. The molecule has 9 nitrogen and oxygen atoms in total. The molecule has 31 heavy (non-hydrogen) atoms. The number of nitrogens with zero attached hydrogens (tertiary/aromatic N) is 3. The van der Waals surface area contributed by atoms with Crippen LogP contribution in [-0.4, -0.2) is 73.3 Å². The monoisotopic (exact) mass is 454 g/mol. The Morgan fingerprint density at radius 1 is 1.26 bits per heavy atom. The lowest BCUT2D eigenvalue weighted by molar-refractivity contribution is 0.0240. The molecule has 2 aliphatic rings. The van der Waals surface area contributed by atoms with Crippen LogP contribution in [0.15, 0.2) is 18.2 Å². The molecule has 170 valence electrons. The standard InChI is InChI=1S/C20H27FN4O5S/c1-20(2,3)30-18(27)24-8-6-23(7-9-24)16-5-4-13(10-15(16)21)25-12-14(29-19(25)28)11-22-17(26)31/h4-5,10,14H,6-9,11-12H2,1-3H3,(H2,22,26,31). The third-order valence-corrected chi connectivity index (χ3v) is 5.03. The fourth-order valence-electron chi connectivity index (χ4n) is 3.42. The number of hydrogen-bond donors (Lipinski definition) is 2. The van der Waals surface area contributed by atoms with Gasteiger partial charge < -0.3 is 24.6 Å². The van der Waals surface area contributed by atoms with E-state index < -0.39 is 28.9 Å². The molecule has 1 N–H and O–H groups in total. The number of halogens is 1. The Morgan fingerprint density at radius 3 is 2.52 bits per heavy atom. The molecule has 0 bridgehead atoms. The van der Waals surface area contributed by atoms with E-state index in [-0.39, 0.29) is 19.2 Å². The number of hydrogen-bond acceptors (Lipinski definition) is 6. The van der Waals surface area contributed by atoms with Crippen LogP contribution in [0.25, 0.3) is 0 Å². The van der Waals surface area contributed by atoms with Crippen LogP contribution in [0.2, 0.25) is 0 Å². The zero-order valence-corrected chi connectivity index (χ0v) is 18.7. The van der Waals surface area contributed by atoms with Crippen LogP contribution in [0.5, 0.6) is 0 Å². The molecule has 11 heteroatoms. The van der Waals surface area contributed by atoms with Gasteiger partial charge in [-0.15, -0.1) is 0 Å². The Hall–Kier alpha value is -2.69. The molecular weight excluding hydrogens is 427 g/mol. The highest BCUT2D eigenvalue weighted by Crippen LogP contribution is 2.28. The summed E-state index contributed by atoms with van der Waals surface area (Å²) < 4.78 is 25.4. The van der Waals surface area contributed by atoms with Crippen molar-refractivity contribution in [2.45, 2.75) is 32.5 Å². The summed E-state index contributed by atoms with van der Waals surface area (Å²) in [6.07, 6.45) is -1.51. The average Bonchev–Trinajstić information content (AvgIpc) is 3.06. The zero-order chi connectivity index (χ0) is 22.8. The van der Waals surface area contributed by atoms with Gasteiger partial charge in [0.25, 0.3) is 5.24 Å². The van der Waals surface area contributed by atoms with E-state index in [0.29, 0.717) is 37.6 Å². The SMILES string of the molecule is CC(C)(C)OC(=O)N1CCN(c2ccc(N3CC(CNC(=O)S)OC3=O)cc2F)CC1. The minimum atomic E-state index is -0.600.